The summed E-state index contributed by atoms with van der Waals surface area (Å²) in [5.41, 5.74) is -0.0127. The summed E-state index contributed by atoms with van der Waals surface area (Å²) >= 11 is 0. The number of carbonyl (C=O) groups is 2. The van der Waals surface area contributed by atoms with Gasteiger partial charge in [-0.1, -0.05) is 30.3 Å². The molecule has 1 heterocycles. The molecule has 0 saturated heterocycles. The van der Waals surface area contributed by atoms with Crippen molar-refractivity contribution in [3.8, 4) is 0 Å². The molecule has 1 amide bonds. The molecule has 21 heavy (non-hydrogen) atoms. The van der Waals surface area contributed by atoms with Crippen molar-refractivity contribution in [1.82, 2.24) is 0 Å². The second-order valence-electron chi connectivity index (χ2n) is 5.02. The first-order valence-corrected chi connectivity index (χ1v) is 6.54. The smallest absolute Gasteiger partial charge is 0.350 e. The van der Waals surface area contributed by atoms with E-state index in [1.54, 1.807) is 48.5 Å². The Morgan fingerprint density at radius 1 is 1.10 bits per heavy atom. The average Bonchev–Trinajstić information content (AvgIpc) is 2.48. The molecule has 1 aliphatic heterocycles. The van der Waals surface area contributed by atoms with Crippen molar-refractivity contribution in [1.29, 1.82) is 0 Å². The average molecular weight is 282 g/mol. The van der Waals surface area contributed by atoms with Gasteiger partial charge in [0.25, 0.3) is 5.91 Å². The van der Waals surface area contributed by atoms with Crippen LogP contribution in [0.3, 0.4) is 0 Å². The van der Waals surface area contributed by atoms with E-state index in [0.29, 0.717) is 16.9 Å². The molecule has 0 aromatic heterocycles. The fourth-order valence-corrected chi connectivity index (χ4v) is 2.52. The third-order valence-corrected chi connectivity index (χ3v) is 3.62. The SMILES string of the molecule is CC1(C(=O)O)Nc2ccccc2C(=O)N1c1ccccc1. The van der Waals surface area contributed by atoms with E-state index >= 15 is 0 Å². The zero-order valence-corrected chi connectivity index (χ0v) is 11.4. The van der Waals surface area contributed by atoms with Gasteiger partial charge in [0.1, 0.15) is 0 Å². The highest BCUT2D eigenvalue weighted by Gasteiger charge is 2.47. The second-order valence-corrected chi connectivity index (χ2v) is 5.02. The van der Waals surface area contributed by atoms with Crippen molar-refractivity contribution in [2.45, 2.75) is 12.6 Å². The van der Waals surface area contributed by atoms with E-state index in [1.807, 2.05) is 6.07 Å². The third kappa shape index (κ3) is 1.94. The maximum Gasteiger partial charge on any atom is 0.350 e. The van der Waals surface area contributed by atoms with E-state index in [0.717, 1.165) is 0 Å². The van der Waals surface area contributed by atoms with Gasteiger partial charge < -0.3 is 10.4 Å². The number of carboxylic acid groups (broad SMARTS) is 1. The lowest BCUT2D eigenvalue weighted by molar-refractivity contribution is -0.141. The van der Waals surface area contributed by atoms with Crippen LogP contribution in [0.1, 0.15) is 17.3 Å². The van der Waals surface area contributed by atoms with E-state index in [1.165, 1.54) is 11.8 Å². The van der Waals surface area contributed by atoms with Gasteiger partial charge in [-0.3, -0.25) is 9.69 Å². The van der Waals surface area contributed by atoms with Crippen LogP contribution in [0.5, 0.6) is 0 Å². The number of anilines is 2. The molecular formula is C16H14N2O3. The van der Waals surface area contributed by atoms with Crippen molar-refractivity contribution in [3.05, 3.63) is 60.2 Å². The number of nitrogens with zero attached hydrogens (tertiary/aromatic N) is 1. The Morgan fingerprint density at radius 2 is 1.71 bits per heavy atom. The number of nitrogens with one attached hydrogen (secondary N) is 1. The fourth-order valence-electron chi connectivity index (χ4n) is 2.52. The number of hydrogen-bond acceptors (Lipinski definition) is 3. The Bertz CT molecular complexity index is 714. The van der Waals surface area contributed by atoms with Gasteiger partial charge >= 0.3 is 5.97 Å². The monoisotopic (exact) mass is 282 g/mol. The quantitative estimate of drug-likeness (QED) is 0.888. The highest BCUT2D eigenvalue weighted by atomic mass is 16.4. The number of carbonyl (C=O) groups excluding carboxylic acids is 1. The molecule has 106 valence electrons. The highest BCUT2D eigenvalue weighted by molar-refractivity contribution is 6.16. The van der Waals surface area contributed by atoms with E-state index in [-0.39, 0.29) is 5.91 Å². The summed E-state index contributed by atoms with van der Waals surface area (Å²) in [6, 6.07) is 15.7. The van der Waals surface area contributed by atoms with Gasteiger partial charge in [-0.15, -0.1) is 0 Å². The Labute approximate surface area is 121 Å². The summed E-state index contributed by atoms with van der Waals surface area (Å²) in [5.74, 6) is -1.45. The van der Waals surface area contributed by atoms with E-state index in [9.17, 15) is 14.7 Å². The first-order valence-electron chi connectivity index (χ1n) is 6.54. The van der Waals surface area contributed by atoms with Crippen molar-refractivity contribution >= 4 is 23.3 Å². The molecule has 5 nitrogen and oxygen atoms in total. The van der Waals surface area contributed by atoms with Gasteiger partial charge in [0.15, 0.2) is 0 Å². The number of fused-ring (bicyclic) bond motifs is 1. The predicted molar refractivity (Wildman–Crippen MR) is 79.4 cm³/mol. The molecule has 5 heteroatoms. The Morgan fingerprint density at radius 3 is 2.38 bits per heavy atom. The number of benzene rings is 2. The number of para-hydroxylation sites is 2. The molecule has 0 radical (unpaired) electrons. The van der Waals surface area contributed by atoms with E-state index < -0.39 is 11.6 Å². The highest BCUT2D eigenvalue weighted by Crippen LogP contribution is 2.34. The molecule has 0 aliphatic carbocycles. The number of carboxylic acids is 1. The lowest BCUT2D eigenvalue weighted by Gasteiger charge is -2.43. The Kier molecular flexibility index (Phi) is 2.90. The summed E-state index contributed by atoms with van der Waals surface area (Å²) in [6.45, 7) is 1.48. The molecule has 0 fully saturated rings. The van der Waals surface area contributed by atoms with Gasteiger partial charge in [-0.05, 0) is 31.2 Å². The van der Waals surface area contributed by atoms with Gasteiger partial charge in [-0.25, -0.2) is 4.79 Å². The maximum atomic E-state index is 12.8. The Hall–Kier alpha value is -2.82. The molecule has 2 N–H and O–H groups in total. The molecule has 1 unspecified atom stereocenters. The molecule has 3 rings (SSSR count). The predicted octanol–water partition coefficient (Wildman–Crippen LogP) is 2.56. The van der Waals surface area contributed by atoms with Gasteiger partial charge in [0.2, 0.25) is 5.66 Å². The van der Waals surface area contributed by atoms with Crippen LogP contribution >= 0.6 is 0 Å². The third-order valence-electron chi connectivity index (χ3n) is 3.62. The minimum Gasteiger partial charge on any atom is -0.478 e. The van der Waals surface area contributed by atoms with Crippen LogP contribution in [0.15, 0.2) is 54.6 Å². The molecule has 1 atom stereocenters. The van der Waals surface area contributed by atoms with Crippen molar-refractivity contribution < 1.29 is 14.7 Å². The molecule has 1 aliphatic rings. The van der Waals surface area contributed by atoms with Gasteiger partial charge in [-0.2, -0.15) is 0 Å². The maximum absolute atomic E-state index is 12.8. The molecule has 2 aromatic carbocycles. The van der Waals surface area contributed by atoms with E-state index in [4.69, 9.17) is 0 Å². The van der Waals surface area contributed by atoms with Crippen molar-refractivity contribution in [3.63, 3.8) is 0 Å². The van der Waals surface area contributed by atoms with Crippen LogP contribution in [0.25, 0.3) is 0 Å². The van der Waals surface area contributed by atoms with Crippen LogP contribution in [-0.4, -0.2) is 22.6 Å². The van der Waals surface area contributed by atoms with Crippen LogP contribution in [0.4, 0.5) is 11.4 Å². The summed E-state index contributed by atoms with van der Waals surface area (Å²) in [6.07, 6.45) is 0. The van der Waals surface area contributed by atoms with Crippen LogP contribution in [0.2, 0.25) is 0 Å². The largest absolute Gasteiger partial charge is 0.478 e. The Balaban J connectivity index is 2.20. The van der Waals surface area contributed by atoms with Gasteiger partial charge in [0.05, 0.1) is 5.56 Å². The summed E-state index contributed by atoms with van der Waals surface area (Å²) in [4.78, 5) is 25.8. The number of amides is 1. The lowest BCUT2D eigenvalue weighted by Crippen LogP contribution is -2.63. The number of rotatable bonds is 2. The first-order chi connectivity index (χ1) is 10.0. The van der Waals surface area contributed by atoms with Crippen molar-refractivity contribution in [2.24, 2.45) is 0 Å². The summed E-state index contributed by atoms with van der Waals surface area (Å²) in [7, 11) is 0. The second kappa shape index (κ2) is 4.63. The first kappa shape index (κ1) is 13.2. The topological polar surface area (TPSA) is 69.6 Å². The summed E-state index contributed by atoms with van der Waals surface area (Å²) < 4.78 is 0. The minimum absolute atomic E-state index is 0.333. The van der Waals surface area contributed by atoms with Crippen LogP contribution in [0, 0.1) is 0 Å². The normalized spacial score (nSPS) is 20.6. The molecule has 2 aromatic rings. The zero-order chi connectivity index (χ0) is 15.0. The van der Waals surface area contributed by atoms with Gasteiger partial charge in [0, 0.05) is 11.4 Å². The summed E-state index contributed by atoms with van der Waals surface area (Å²) in [5, 5.41) is 12.6. The number of aliphatic carboxylic acids is 1. The lowest BCUT2D eigenvalue weighted by atomic mass is 9.99. The van der Waals surface area contributed by atoms with Crippen LogP contribution < -0.4 is 10.2 Å². The molecule has 0 spiro atoms. The fraction of sp³-hybridized carbons (Fsp3) is 0.125. The molecule has 0 saturated carbocycles. The molecule has 0 bridgehead atoms. The van der Waals surface area contributed by atoms with Crippen LogP contribution in [-0.2, 0) is 4.79 Å². The van der Waals surface area contributed by atoms with Crippen molar-refractivity contribution in [2.75, 3.05) is 10.2 Å². The minimum atomic E-state index is -1.53. The van der Waals surface area contributed by atoms with E-state index in [2.05, 4.69) is 5.32 Å². The standard InChI is InChI=1S/C16H14N2O3/c1-16(15(20)21)17-13-10-6-5-9-12(13)14(19)18(16)11-7-3-2-4-8-11/h2-10,17H,1H3,(H,20,21). The zero-order valence-electron chi connectivity index (χ0n) is 11.4. The molecular weight excluding hydrogens is 268 g/mol. The number of hydrogen-bond donors (Lipinski definition) is 2.